The number of hydrogen-bond donors (Lipinski definition) is 0. The number of fused-ring (bicyclic) bond motifs is 5. The molecule has 8 heteroatoms. The topological polar surface area (TPSA) is 69.4 Å². The second-order valence-electron chi connectivity index (χ2n) is 9.51. The zero-order valence-electron chi connectivity index (χ0n) is 18.5. The zero-order valence-corrected chi connectivity index (χ0v) is 18.5. The summed E-state index contributed by atoms with van der Waals surface area (Å²) in [5.74, 6) is -0.548. The Hall–Kier alpha value is -3.55. The first kappa shape index (κ1) is 20.1. The summed E-state index contributed by atoms with van der Waals surface area (Å²) >= 11 is 0. The molecular weight excluding hydrogens is 422 g/mol. The summed E-state index contributed by atoms with van der Waals surface area (Å²) in [6.45, 7) is 6.36. The van der Waals surface area contributed by atoms with E-state index >= 15 is 0 Å². The molecule has 0 spiro atoms. The molecule has 1 saturated carbocycles. The molecule has 0 amide bonds. The molecule has 0 N–H and O–H groups in total. The number of hydrogen-bond acceptors (Lipinski definition) is 5. The molecule has 6 rings (SSSR count). The van der Waals surface area contributed by atoms with Crippen molar-refractivity contribution in [3.8, 4) is 17.2 Å². The van der Waals surface area contributed by atoms with Crippen molar-refractivity contribution in [1.82, 2.24) is 29.7 Å². The third-order valence-electron chi connectivity index (χ3n) is 7.62. The predicted molar refractivity (Wildman–Crippen MR) is 118 cm³/mol. The second kappa shape index (κ2) is 6.73. The van der Waals surface area contributed by atoms with E-state index in [1.54, 1.807) is 17.1 Å². The molecule has 2 atom stereocenters. The van der Waals surface area contributed by atoms with Crippen molar-refractivity contribution >= 4 is 0 Å². The summed E-state index contributed by atoms with van der Waals surface area (Å²) < 4.78 is 30.7. The highest BCUT2D eigenvalue weighted by Gasteiger charge is 2.65. The minimum absolute atomic E-state index is 0.137. The smallest absolute Gasteiger partial charge is 0.235 e. The number of aryl methyl sites for hydroxylation is 1. The fraction of sp³-hybridized carbons (Fsp3) is 0.320. The largest absolute Gasteiger partial charge is 0.274 e. The van der Waals surface area contributed by atoms with Crippen LogP contribution < -0.4 is 0 Å². The highest BCUT2D eigenvalue weighted by molar-refractivity contribution is 5.64. The molecule has 2 aliphatic carbocycles. The average Bonchev–Trinajstić information content (AvgIpc) is 3.40. The van der Waals surface area contributed by atoms with Crippen LogP contribution in [0.5, 0.6) is 0 Å². The Morgan fingerprint density at radius 1 is 1.06 bits per heavy atom. The number of nitrogens with zero attached hydrogens (tertiary/aromatic N) is 6. The summed E-state index contributed by atoms with van der Waals surface area (Å²) in [7, 11) is 0. The Kier molecular flexibility index (Phi) is 4.09. The quantitative estimate of drug-likeness (QED) is 0.449. The van der Waals surface area contributed by atoms with Crippen molar-refractivity contribution in [2.75, 3.05) is 0 Å². The maximum Gasteiger partial charge on any atom is 0.235 e. The molecule has 6 nitrogen and oxygen atoms in total. The van der Waals surface area contributed by atoms with E-state index in [-0.39, 0.29) is 22.6 Å². The fourth-order valence-corrected chi connectivity index (χ4v) is 6.00. The van der Waals surface area contributed by atoms with Gasteiger partial charge >= 0.3 is 0 Å². The van der Waals surface area contributed by atoms with Gasteiger partial charge in [0, 0.05) is 12.4 Å². The van der Waals surface area contributed by atoms with Crippen LogP contribution in [0.1, 0.15) is 55.3 Å². The summed E-state index contributed by atoms with van der Waals surface area (Å²) in [5.41, 5.74) is 3.03. The van der Waals surface area contributed by atoms with E-state index in [4.69, 9.17) is 4.98 Å². The van der Waals surface area contributed by atoms with Gasteiger partial charge in [-0.3, -0.25) is 4.57 Å². The molecule has 2 bridgehead atoms. The van der Waals surface area contributed by atoms with Gasteiger partial charge < -0.3 is 0 Å². The molecule has 0 unspecified atom stereocenters. The lowest BCUT2D eigenvalue weighted by atomic mass is 9.66. The van der Waals surface area contributed by atoms with Gasteiger partial charge in [0.2, 0.25) is 5.95 Å². The van der Waals surface area contributed by atoms with E-state index in [2.05, 4.69) is 34.0 Å². The Balaban J connectivity index is 1.53. The molecule has 3 heterocycles. The van der Waals surface area contributed by atoms with Gasteiger partial charge in [0.25, 0.3) is 0 Å². The van der Waals surface area contributed by atoms with Crippen LogP contribution in [0.15, 0.2) is 49.1 Å². The van der Waals surface area contributed by atoms with Gasteiger partial charge in [0.15, 0.2) is 0 Å². The van der Waals surface area contributed by atoms with Gasteiger partial charge in [-0.05, 0) is 60.9 Å². The molecule has 2 aliphatic rings. The average molecular weight is 444 g/mol. The SMILES string of the molecule is Cc1cn(-c2nccc([C@@]34CC[C@@H](c5cc(-c6c(F)cccc6F)nnc53)C4(C)C)n2)cn1. The summed E-state index contributed by atoms with van der Waals surface area (Å²) in [4.78, 5) is 13.7. The van der Waals surface area contributed by atoms with Crippen LogP contribution in [0.2, 0.25) is 0 Å². The van der Waals surface area contributed by atoms with Crippen molar-refractivity contribution < 1.29 is 8.78 Å². The van der Waals surface area contributed by atoms with Crippen LogP contribution in [-0.2, 0) is 5.41 Å². The van der Waals surface area contributed by atoms with Gasteiger partial charge in [-0.2, -0.15) is 5.10 Å². The lowest BCUT2D eigenvalue weighted by Gasteiger charge is -2.37. The Morgan fingerprint density at radius 2 is 1.85 bits per heavy atom. The first-order chi connectivity index (χ1) is 15.8. The lowest BCUT2D eigenvalue weighted by molar-refractivity contribution is 0.242. The third kappa shape index (κ3) is 2.60. The first-order valence-corrected chi connectivity index (χ1v) is 11.0. The molecule has 0 saturated heterocycles. The zero-order chi connectivity index (χ0) is 23.0. The number of halogens is 2. The van der Waals surface area contributed by atoms with Crippen molar-refractivity contribution in [2.45, 2.75) is 44.9 Å². The van der Waals surface area contributed by atoms with E-state index in [1.165, 1.54) is 18.2 Å². The summed E-state index contributed by atoms with van der Waals surface area (Å²) in [6, 6.07) is 7.59. The maximum atomic E-state index is 14.4. The van der Waals surface area contributed by atoms with E-state index < -0.39 is 17.0 Å². The monoisotopic (exact) mass is 444 g/mol. The van der Waals surface area contributed by atoms with Crippen molar-refractivity contribution in [3.05, 3.63) is 83.3 Å². The number of aromatic nitrogens is 6. The standard InChI is InChI=1S/C25H22F2N6/c1-14-12-33(13-29-14)23-28-10-8-20(30-23)25-9-7-16(24(25,2)3)15-11-19(31-32-22(15)25)21-17(26)5-4-6-18(21)27/h4-6,8,10-13,16H,7,9H2,1-3H3/t16-,25-/m0/s1. The van der Waals surface area contributed by atoms with Crippen molar-refractivity contribution in [3.63, 3.8) is 0 Å². The highest BCUT2D eigenvalue weighted by atomic mass is 19.1. The predicted octanol–water partition coefficient (Wildman–Crippen LogP) is 4.91. The van der Waals surface area contributed by atoms with Gasteiger partial charge in [0.1, 0.15) is 18.0 Å². The summed E-state index contributed by atoms with van der Waals surface area (Å²) in [6.07, 6.45) is 7.16. The van der Waals surface area contributed by atoms with Crippen molar-refractivity contribution in [2.24, 2.45) is 5.41 Å². The van der Waals surface area contributed by atoms with Crippen LogP contribution in [0, 0.1) is 24.0 Å². The number of imidazole rings is 1. The first-order valence-electron chi connectivity index (χ1n) is 11.0. The third-order valence-corrected chi connectivity index (χ3v) is 7.62. The van der Waals surface area contributed by atoms with Crippen LogP contribution in [0.25, 0.3) is 17.2 Å². The molecule has 1 fully saturated rings. The Morgan fingerprint density at radius 3 is 2.58 bits per heavy atom. The van der Waals surface area contributed by atoms with E-state index in [1.807, 2.05) is 25.3 Å². The van der Waals surface area contributed by atoms with E-state index in [0.29, 0.717) is 5.95 Å². The van der Waals surface area contributed by atoms with Crippen LogP contribution >= 0.6 is 0 Å². The van der Waals surface area contributed by atoms with E-state index in [9.17, 15) is 8.78 Å². The van der Waals surface area contributed by atoms with Gasteiger partial charge in [-0.25, -0.2) is 23.7 Å². The van der Waals surface area contributed by atoms with Gasteiger partial charge in [-0.1, -0.05) is 19.9 Å². The highest BCUT2D eigenvalue weighted by Crippen LogP contribution is 2.69. The number of rotatable bonds is 3. The minimum atomic E-state index is -0.641. The van der Waals surface area contributed by atoms with Gasteiger partial charge in [-0.15, -0.1) is 5.10 Å². The van der Waals surface area contributed by atoms with Crippen LogP contribution in [0.3, 0.4) is 0 Å². The minimum Gasteiger partial charge on any atom is -0.274 e. The fourth-order valence-electron chi connectivity index (χ4n) is 6.00. The van der Waals surface area contributed by atoms with E-state index in [0.717, 1.165) is 35.5 Å². The molecule has 33 heavy (non-hydrogen) atoms. The molecule has 0 aliphatic heterocycles. The lowest BCUT2D eigenvalue weighted by Crippen LogP contribution is -2.38. The van der Waals surface area contributed by atoms with Gasteiger partial charge in [0.05, 0.1) is 33.8 Å². The Labute approximate surface area is 189 Å². The normalized spacial score (nSPS) is 22.5. The molecule has 1 aromatic carbocycles. The molecule has 166 valence electrons. The second-order valence-corrected chi connectivity index (χ2v) is 9.51. The molecular formula is C25H22F2N6. The Bertz CT molecular complexity index is 1390. The number of benzene rings is 1. The van der Waals surface area contributed by atoms with Crippen molar-refractivity contribution in [1.29, 1.82) is 0 Å². The molecule has 0 radical (unpaired) electrons. The maximum absolute atomic E-state index is 14.4. The molecule has 4 aromatic rings. The summed E-state index contributed by atoms with van der Waals surface area (Å²) in [5, 5.41) is 8.88. The molecule has 3 aromatic heterocycles. The van der Waals surface area contributed by atoms with Crippen LogP contribution in [-0.4, -0.2) is 29.7 Å². The van der Waals surface area contributed by atoms with Crippen LogP contribution in [0.4, 0.5) is 8.78 Å².